The van der Waals surface area contributed by atoms with Gasteiger partial charge in [-0.15, -0.1) is 0 Å². The van der Waals surface area contributed by atoms with E-state index in [-0.39, 0.29) is 23.0 Å². The Bertz CT molecular complexity index is 1180. The van der Waals surface area contributed by atoms with Crippen LogP contribution in [0.4, 0.5) is 17.5 Å². The van der Waals surface area contributed by atoms with Crippen LogP contribution in [0.3, 0.4) is 0 Å². The molecule has 1 atom stereocenters. The third-order valence-electron chi connectivity index (χ3n) is 6.59. The van der Waals surface area contributed by atoms with Gasteiger partial charge in [-0.3, -0.25) is 0 Å². The van der Waals surface area contributed by atoms with Crippen LogP contribution in [-0.4, -0.2) is 33.1 Å². The van der Waals surface area contributed by atoms with Gasteiger partial charge in [-0.2, -0.15) is 0 Å². The van der Waals surface area contributed by atoms with Crippen LogP contribution in [-0.2, 0) is 6.42 Å². The summed E-state index contributed by atoms with van der Waals surface area (Å²) >= 11 is 7.55. The van der Waals surface area contributed by atoms with Gasteiger partial charge in [0.05, 0.1) is 11.2 Å². The van der Waals surface area contributed by atoms with Crippen molar-refractivity contribution in [1.29, 1.82) is 0 Å². The van der Waals surface area contributed by atoms with E-state index in [1.54, 1.807) is 24.5 Å². The van der Waals surface area contributed by atoms with Crippen molar-refractivity contribution in [3.63, 3.8) is 0 Å². The first kappa shape index (κ1) is 21.1. The van der Waals surface area contributed by atoms with Gasteiger partial charge in [0.25, 0.3) is 0 Å². The van der Waals surface area contributed by atoms with Crippen molar-refractivity contribution in [2.75, 3.05) is 29.5 Å². The van der Waals surface area contributed by atoms with Crippen molar-refractivity contribution in [2.45, 2.75) is 35.2 Å². The number of halogens is 1. The van der Waals surface area contributed by atoms with Crippen LogP contribution in [0.25, 0.3) is 0 Å². The van der Waals surface area contributed by atoms with E-state index in [0.29, 0.717) is 15.9 Å². The largest absolute Gasteiger partial charge is 0.508 e. The number of benzene rings is 1. The van der Waals surface area contributed by atoms with Crippen LogP contribution < -0.4 is 22.1 Å². The highest BCUT2D eigenvalue weighted by Crippen LogP contribution is 2.51. The van der Waals surface area contributed by atoms with Gasteiger partial charge < -0.3 is 27.2 Å². The lowest BCUT2D eigenvalue weighted by Crippen LogP contribution is -2.44. The third-order valence-corrected chi connectivity index (χ3v) is 8.17. The summed E-state index contributed by atoms with van der Waals surface area (Å²) in [6.07, 6.45) is 6.16. The second kappa shape index (κ2) is 7.99. The third kappa shape index (κ3) is 3.60. The standard InChI is InChI=1S/C22H24ClN7OS/c23-17-15(3-6-27-19(17)25)32-21-20(26)29-16(11-28-21)30-7-4-22(5-8-30)10-12-1-2-13(31)9-14(12)18(22)24/h1-3,6,9,11,18,31H,4-5,7-8,10,24H2,(H2,25,27)(H2,26,29)/t18-/m1/s1. The number of anilines is 3. The van der Waals surface area contributed by atoms with Crippen molar-refractivity contribution in [3.8, 4) is 5.75 Å². The average Bonchev–Trinajstić information content (AvgIpc) is 3.04. The summed E-state index contributed by atoms with van der Waals surface area (Å²) in [6, 6.07) is 7.25. The molecule has 7 N–H and O–H groups in total. The number of aromatic nitrogens is 3. The highest BCUT2D eigenvalue weighted by atomic mass is 35.5. The number of nitrogens with two attached hydrogens (primary N) is 3. The number of fused-ring (bicyclic) bond motifs is 1. The van der Waals surface area contributed by atoms with Gasteiger partial charge >= 0.3 is 0 Å². The summed E-state index contributed by atoms with van der Waals surface area (Å²) in [7, 11) is 0. The van der Waals surface area contributed by atoms with Gasteiger partial charge in [-0.1, -0.05) is 29.4 Å². The average molecular weight is 470 g/mol. The molecule has 0 amide bonds. The molecule has 0 unspecified atom stereocenters. The first-order valence-corrected chi connectivity index (χ1v) is 11.6. The van der Waals surface area contributed by atoms with E-state index in [1.807, 2.05) is 12.1 Å². The molecule has 1 aliphatic heterocycles. The van der Waals surface area contributed by atoms with Crippen molar-refractivity contribution in [3.05, 3.63) is 52.8 Å². The first-order chi connectivity index (χ1) is 15.4. The lowest BCUT2D eigenvalue weighted by atomic mass is 9.73. The van der Waals surface area contributed by atoms with E-state index < -0.39 is 0 Å². The first-order valence-electron chi connectivity index (χ1n) is 10.4. The zero-order valence-corrected chi connectivity index (χ0v) is 18.9. The van der Waals surface area contributed by atoms with Crippen molar-refractivity contribution >= 4 is 40.8 Å². The highest BCUT2D eigenvalue weighted by Gasteiger charge is 2.46. The molecule has 1 fully saturated rings. The van der Waals surface area contributed by atoms with Crippen LogP contribution >= 0.6 is 23.4 Å². The van der Waals surface area contributed by atoms with E-state index >= 15 is 0 Å². The Morgan fingerprint density at radius 3 is 2.66 bits per heavy atom. The number of rotatable bonds is 3. The number of phenolic OH excluding ortho intramolecular Hbond substituents is 1. The molecule has 0 saturated carbocycles. The molecule has 2 aromatic heterocycles. The van der Waals surface area contributed by atoms with E-state index in [4.69, 9.17) is 28.8 Å². The lowest BCUT2D eigenvalue weighted by Gasteiger charge is -2.42. The van der Waals surface area contributed by atoms with Crippen molar-refractivity contribution in [1.82, 2.24) is 15.0 Å². The second-order valence-corrected chi connectivity index (χ2v) is 9.82. The number of hydrogen-bond acceptors (Lipinski definition) is 9. The van der Waals surface area contributed by atoms with Crippen molar-refractivity contribution in [2.24, 2.45) is 11.1 Å². The highest BCUT2D eigenvalue weighted by molar-refractivity contribution is 7.99. The Labute approximate surface area is 195 Å². The van der Waals surface area contributed by atoms with Crippen molar-refractivity contribution < 1.29 is 5.11 Å². The van der Waals surface area contributed by atoms with Crippen LogP contribution in [0.15, 0.2) is 46.6 Å². The molecule has 3 heterocycles. The van der Waals surface area contributed by atoms with Gasteiger partial charge in [0.2, 0.25) is 0 Å². The van der Waals surface area contributed by atoms with E-state index in [9.17, 15) is 5.11 Å². The summed E-state index contributed by atoms with van der Waals surface area (Å²) in [5.74, 6) is 1.64. The number of pyridine rings is 1. The molecular weight excluding hydrogens is 446 g/mol. The van der Waals surface area contributed by atoms with Crippen LogP contribution in [0.1, 0.15) is 30.0 Å². The SMILES string of the molecule is Nc1nc(N2CCC3(CC2)Cc2ccc(O)cc2[C@H]3N)cnc1Sc1ccnc(N)c1Cl. The Kier molecular flexibility index (Phi) is 5.27. The quantitative estimate of drug-likeness (QED) is 0.454. The fraction of sp³-hybridized carbons (Fsp3) is 0.318. The molecule has 10 heteroatoms. The number of aromatic hydroxyl groups is 1. The predicted octanol–water partition coefficient (Wildman–Crippen LogP) is 3.39. The van der Waals surface area contributed by atoms with Gasteiger partial charge in [0.1, 0.15) is 22.4 Å². The van der Waals surface area contributed by atoms with E-state index in [1.165, 1.54) is 17.3 Å². The maximum absolute atomic E-state index is 9.85. The Morgan fingerprint density at radius 2 is 1.91 bits per heavy atom. The molecule has 1 aliphatic carbocycles. The fourth-order valence-corrected chi connectivity index (χ4v) is 5.77. The van der Waals surface area contributed by atoms with Gasteiger partial charge in [0.15, 0.2) is 5.82 Å². The molecule has 1 spiro atoms. The normalized spacial score (nSPS) is 19.3. The molecule has 2 aliphatic rings. The fourth-order valence-electron chi connectivity index (χ4n) is 4.76. The summed E-state index contributed by atoms with van der Waals surface area (Å²) in [6.45, 7) is 1.64. The van der Waals surface area contributed by atoms with Gasteiger partial charge in [-0.25, -0.2) is 15.0 Å². The smallest absolute Gasteiger partial charge is 0.158 e. The number of nitrogens with zero attached hydrogens (tertiary/aromatic N) is 4. The molecule has 3 aromatic rings. The zero-order chi connectivity index (χ0) is 22.5. The molecule has 1 saturated heterocycles. The number of phenols is 1. The van der Waals surface area contributed by atoms with Gasteiger partial charge in [-0.05, 0) is 54.0 Å². The minimum absolute atomic E-state index is 0.0133. The van der Waals surface area contributed by atoms with E-state index in [2.05, 4.69) is 19.9 Å². The lowest BCUT2D eigenvalue weighted by molar-refractivity contribution is 0.187. The summed E-state index contributed by atoms with van der Waals surface area (Å²) in [5, 5.41) is 10.8. The van der Waals surface area contributed by atoms with Gasteiger partial charge in [0, 0.05) is 30.2 Å². The van der Waals surface area contributed by atoms with Crippen LogP contribution in [0, 0.1) is 5.41 Å². The minimum atomic E-state index is -0.0702. The van der Waals surface area contributed by atoms with Crippen LogP contribution in [0.2, 0.25) is 5.02 Å². The number of nitrogen functional groups attached to an aromatic ring is 2. The molecule has 32 heavy (non-hydrogen) atoms. The maximum Gasteiger partial charge on any atom is 0.158 e. The molecule has 166 valence electrons. The second-order valence-electron chi connectivity index (χ2n) is 8.42. The molecule has 8 nitrogen and oxygen atoms in total. The summed E-state index contributed by atoms with van der Waals surface area (Å²) < 4.78 is 0. The number of piperidine rings is 1. The summed E-state index contributed by atoms with van der Waals surface area (Å²) in [4.78, 5) is 16.0. The Morgan fingerprint density at radius 1 is 1.12 bits per heavy atom. The molecule has 5 rings (SSSR count). The molecular formula is C22H24ClN7OS. The Hall–Kier alpha value is -2.75. The molecule has 0 radical (unpaired) electrons. The molecule has 1 aromatic carbocycles. The zero-order valence-electron chi connectivity index (χ0n) is 17.3. The van der Waals surface area contributed by atoms with Crippen LogP contribution in [0.5, 0.6) is 5.75 Å². The molecule has 0 bridgehead atoms. The topological polar surface area (TPSA) is 140 Å². The number of hydrogen-bond donors (Lipinski definition) is 4. The monoisotopic (exact) mass is 469 g/mol. The van der Waals surface area contributed by atoms with E-state index in [0.717, 1.165) is 48.6 Å². The Balaban J connectivity index is 1.29. The minimum Gasteiger partial charge on any atom is -0.508 e. The predicted molar refractivity (Wildman–Crippen MR) is 127 cm³/mol. The summed E-state index contributed by atoms with van der Waals surface area (Å²) in [5.41, 5.74) is 21.0. The maximum atomic E-state index is 9.85.